The largest absolute Gasteiger partial charge is 0.374 e. The summed E-state index contributed by atoms with van der Waals surface area (Å²) in [5, 5.41) is 6.86. The van der Waals surface area contributed by atoms with Gasteiger partial charge in [0.15, 0.2) is 0 Å². The lowest BCUT2D eigenvalue weighted by molar-refractivity contribution is 0.0603. The van der Waals surface area contributed by atoms with Crippen LogP contribution in [0.5, 0.6) is 0 Å². The van der Waals surface area contributed by atoms with Gasteiger partial charge < -0.3 is 15.5 Å². The zero-order valence-corrected chi connectivity index (χ0v) is 14.9. The van der Waals surface area contributed by atoms with Crippen LogP contribution in [0.2, 0.25) is 0 Å². The minimum Gasteiger partial charge on any atom is -0.374 e. The highest BCUT2D eigenvalue weighted by Crippen LogP contribution is 2.34. The van der Waals surface area contributed by atoms with Crippen LogP contribution in [0.15, 0.2) is 24.4 Å². The van der Waals surface area contributed by atoms with E-state index in [1.54, 1.807) is 0 Å². The molecule has 2 aliphatic rings. The quantitative estimate of drug-likeness (QED) is 0.880. The maximum Gasteiger partial charge on any atom is 0.254 e. The molecule has 3 N–H and O–H groups in total. The normalized spacial score (nSPS) is 19.5. The van der Waals surface area contributed by atoms with E-state index >= 15 is 0 Å². The number of anilines is 1. The molecule has 1 unspecified atom stereocenters. The molecule has 1 aromatic heterocycles. The standard InChI is InChI=1S/C19H23N5O2/c1-23-9-7-12-5-6-13(10-16(12)23)19(26)24-8-3-2-4-15(24)17-14(18(20)25)11-21-22-17/h5-6,10-11,15H,2-4,7-9H2,1H3,(H2,20,25)(H,21,22). The number of nitrogens with zero attached hydrogens (tertiary/aromatic N) is 3. The number of amides is 2. The second-order valence-electron chi connectivity index (χ2n) is 7.09. The van der Waals surface area contributed by atoms with Gasteiger partial charge in [0.25, 0.3) is 11.8 Å². The number of piperidine rings is 1. The average Bonchev–Trinajstić information content (AvgIpc) is 3.28. The van der Waals surface area contributed by atoms with E-state index in [9.17, 15) is 9.59 Å². The Bertz CT molecular complexity index is 859. The SMILES string of the molecule is CN1CCc2ccc(C(=O)N3CCCCC3c3[nH]ncc3C(N)=O)cc21. The highest BCUT2D eigenvalue weighted by atomic mass is 16.2. The van der Waals surface area contributed by atoms with Crippen molar-refractivity contribution in [3.05, 3.63) is 46.8 Å². The minimum atomic E-state index is -0.522. The molecule has 7 nitrogen and oxygen atoms in total. The zero-order chi connectivity index (χ0) is 18.3. The number of hydrogen-bond acceptors (Lipinski definition) is 4. The Morgan fingerprint density at radius 2 is 2.12 bits per heavy atom. The maximum atomic E-state index is 13.2. The van der Waals surface area contributed by atoms with Crippen molar-refractivity contribution in [3.63, 3.8) is 0 Å². The Morgan fingerprint density at radius 3 is 2.92 bits per heavy atom. The number of aromatic amines is 1. The summed E-state index contributed by atoms with van der Waals surface area (Å²) >= 11 is 0. The third-order valence-corrected chi connectivity index (χ3v) is 5.49. The van der Waals surface area contributed by atoms with Crippen molar-refractivity contribution in [1.29, 1.82) is 0 Å². The van der Waals surface area contributed by atoms with Gasteiger partial charge in [-0.3, -0.25) is 14.7 Å². The molecule has 0 spiro atoms. The fourth-order valence-electron chi connectivity index (χ4n) is 4.06. The van der Waals surface area contributed by atoms with E-state index in [0.717, 1.165) is 37.9 Å². The lowest BCUT2D eigenvalue weighted by Gasteiger charge is -2.35. The van der Waals surface area contributed by atoms with Crippen LogP contribution in [0.4, 0.5) is 5.69 Å². The molecule has 4 rings (SSSR count). The minimum absolute atomic E-state index is 0.0113. The summed E-state index contributed by atoms with van der Waals surface area (Å²) in [6.07, 6.45) is 5.20. The van der Waals surface area contributed by atoms with E-state index < -0.39 is 5.91 Å². The first-order chi connectivity index (χ1) is 12.6. The number of carbonyl (C=O) groups is 2. The monoisotopic (exact) mass is 353 g/mol. The van der Waals surface area contributed by atoms with Crippen LogP contribution in [0.25, 0.3) is 0 Å². The van der Waals surface area contributed by atoms with Gasteiger partial charge in [0.2, 0.25) is 0 Å². The van der Waals surface area contributed by atoms with Gasteiger partial charge in [-0.15, -0.1) is 0 Å². The van der Waals surface area contributed by atoms with Crippen LogP contribution in [0, 0.1) is 0 Å². The molecule has 1 atom stereocenters. The topological polar surface area (TPSA) is 95.3 Å². The van der Waals surface area contributed by atoms with Gasteiger partial charge in [-0.1, -0.05) is 6.07 Å². The number of aromatic nitrogens is 2. The van der Waals surface area contributed by atoms with Crippen LogP contribution in [-0.4, -0.2) is 47.0 Å². The van der Waals surface area contributed by atoms with Crippen molar-refractivity contribution in [2.24, 2.45) is 5.73 Å². The molecule has 3 heterocycles. The van der Waals surface area contributed by atoms with Crippen molar-refractivity contribution < 1.29 is 9.59 Å². The van der Waals surface area contributed by atoms with E-state index in [1.807, 2.05) is 24.1 Å². The first-order valence-electron chi connectivity index (χ1n) is 9.04. The Balaban J connectivity index is 1.66. The van der Waals surface area contributed by atoms with E-state index in [4.69, 9.17) is 5.73 Å². The molecule has 2 amide bonds. The van der Waals surface area contributed by atoms with Gasteiger partial charge >= 0.3 is 0 Å². The lowest BCUT2D eigenvalue weighted by atomic mass is 9.95. The second-order valence-corrected chi connectivity index (χ2v) is 7.09. The second kappa shape index (κ2) is 6.48. The first kappa shape index (κ1) is 16.6. The molecule has 0 radical (unpaired) electrons. The van der Waals surface area contributed by atoms with Crippen molar-refractivity contribution in [3.8, 4) is 0 Å². The van der Waals surface area contributed by atoms with Crippen molar-refractivity contribution in [2.75, 3.05) is 25.0 Å². The molecule has 0 saturated carbocycles. The van der Waals surface area contributed by atoms with Crippen molar-refractivity contribution in [2.45, 2.75) is 31.7 Å². The maximum absolute atomic E-state index is 13.2. The Morgan fingerprint density at radius 1 is 1.27 bits per heavy atom. The highest BCUT2D eigenvalue weighted by Gasteiger charge is 2.32. The fourth-order valence-corrected chi connectivity index (χ4v) is 4.06. The molecule has 1 aromatic carbocycles. The number of nitrogens with two attached hydrogens (primary N) is 1. The van der Waals surface area contributed by atoms with E-state index in [2.05, 4.69) is 21.2 Å². The summed E-state index contributed by atoms with van der Waals surface area (Å²) in [6.45, 7) is 1.64. The van der Waals surface area contributed by atoms with Gasteiger partial charge in [0.05, 0.1) is 23.5 Å². The van der Waals surface area contributed by atoms with Gasteiger partial charge in [0.1, 0.15) is 0 Å². The summed E-state index contributed by atoms with van der Waals surface area (Å²) in [4.78, 5) is 29.0. The van der Waals surface area contributed by atoms with E-state index in [-0.39, 0.29) is 11.9 Å². The van der Waals surface area contributed by atoms with Crippen molar-refractivity contribution >= 4 is 17.5 Å². The summed E-state index contributed by atoms with van der Waals surface area (Å²) in [5.41, 5.74) is 9.57. The average molecular weight is 353 g/mol. The molecule has 1 saturated heterocycles. The molecule has 0 bridgehead atoms. The number of primary amides is 1. The lowest BCUT2D eigenvalue weighted by Crippen LogP contribution is -2.39. The molecule has 7 heteroatoms. The van der Waals surface area contributed by atoms with Gasteiger partial charge in [-0.05, 0) is 43.4 Å². The number of benzene rings is 1. The molecule has 0 aliphatic carbocycles. The number of likely N-dealkylation sites (tertiary alicyclic amines) is 1. The predicted molar refractivity (Wildman–Crippen MR) is 98.2 cm³/mol. The van der Waals surface area contributed by atoms with Crippen LogP contribution >= 0.6 is 0 Å². The number of rotatable bonds is 3. The number of hydrogen-bond donors (Lipinski definition) is 2. The van der Waals surface area contributed by atoms with E-state index in [1.165, 1.54) is 11.8 Å². The Labute approximate surface area is 152 Å². The summed E-state index contributed by atoms with van der Waals surface area (Å²) < 4.78 is 0. The number of H-pyrrole nitrogens is 1. The fraction of sp³-hybridized carbons (Fsp3) is 0.421. The van der Waals surface area contributed by atoms with Gasteiger partial charge in [0, 0.05) is 31.4 Å². The van der Waals surface area contributed by atoms with Crippen LogP contribution in [-0.2, 0) is 6.42 Å². The van der Waals surface area contributed by atoms with Crippen LogP contribution < -0.4 is 10.6 Å². The number of nitrogens with one attached hydrogen (secondary N) is 1. The molecule has 2 aliphatic heterocycles. The third kappa shape index (κ3) is 2.73. The number of fused-ring (bicyclic) bond motifs is 1. The van der Waals surface area contributed by atoms with Gasteiger partial charge in [-0.25, -0.2) is 0 Å². The molecular weight excluding hydrogens is 330 g/mol. The molecular formula is C19H23N5O2. The predicted octanol–water partition coefficient (Wildman–Crippen LogP) is 1.87. The molecule has 136 valence electrons. The zero-order valence-electron chi connectivity index (χ0n) is 14.9. The number of likely N-dealkylation sites (N-methyl/N-ethyl adjacent to an activating group) is 1. The molecule has 1 fully saturated rings. The summed E-state index contributed by atoms with van der Waals surface area (Å²) in [7, 11) is 2.05. The smallest absolute Gasteiger partial charge is 0.254 e. The van der Waals surface area contributed by atoms with Crippen LogP contribution in [0.1, 0.15) is 57.3 Å². The summed E-state index contributed by atoms with van der Waals surface area (Å²) in [5.74, 6) is -0.534. The Kier molecular flexibility index (Phi) is 4.14. The van der Waals surface area contributed by atoms with Crippen LogP contribution in [0.3, 0.4) is 0 Å². The summed E-state index contributed by atoms with van der Waals surface area (Å²) in [6, 6.07) is 5.75. The molecule has 2 aromatic rings. The first-order valence-corrected chi connectivity index (χ1v) is 9.04. The third-order valence-electron chi connectivity index (χ3n) is 5.49. The van der Waals surface area contributed by atoms with Crippen molar-refractivity contribution in [1.82, 2.24) is 15.1 Å². The highest BCUT2D eigenvalue weighted by molar-refractivity contribution is 5.97. The van der Waals surface area contributed by atoms with Gasteiger partial charge in [-0.2, -0.15) is 5.10 Å². The van der Waals surface area contributed by atoms with E-state index in [0.29, 0.717) is 23.4 Å². The Hall–Kier alpha value is -2.83. The molecule has 26 heavy (non-hydrogen) atoms. The number of carbonyl (C=O) groups excluding carboxylic acids is 2.